The van der Waals surface area contributed by atoms with Crippen LogP contribution in [0.25, 0.3) is 16.9 Å². The molecule has 3 aromatic rings. The molecule has 0 aliphatic carbocycles. The van der Waals surface area contributed by atoms with Crippen LogP contribution in [0.2, 0.25) is 10.2 Å². The first-order chi connectivity index (χ1) is 12.0. The van der Waals surface area contributed by atoms with Gasteiger partial charge in [0.1, 0.15) is 15.9 Å². The monoisotopic (exact) mass is 377 g/mol. The van der Waals surface area contributed by atoms with Crippen molar-refractivity contribution in [2.75, 3.05) is 7.11 Å². The van der Waals surface area contributed by atoms with E-state index in [0.717, 1.165) is 16.9 Å². The minimum absolute atomic E-state index is 0.123. The molecule has 0 radical (unpaired) electrons. The summed E-state index contributed by atoms with van der Waals surface area (Å²) in [6.07, 6.45) is 1.68. The average molecular weight is 378 g/mol. The van der Waals surface area contributed by atoms with Crippen molar-refractivity contribution >= 4 is 23.2 Å². The average Bonchev–Trinajstić information content (AvgIpc) is 2.96. The van der Waals surface area contributed by atoms with Gasteiger partial charge in [0.2, 0.25) is 0 Å². The van der Waals surface area contributed by atoms with Crippen LogP contribution in [0.15, 0.2) is 41.3 Å². The zero-order valence-electron chi connectivity index (χ0n) is 14.1. The van der Waals surface area contributed by atoms with Gasteiger partial charge < -0.3 is 9.30 Å². The second-order valence-electron chi connectivity index (χ2n) is 5.53. The van der Waals surface area contributed by atoms with Crippen molar-refractivity contribution < 1.29 is 4.74 Å². The maximum atomic E-state index is 12.5. The lowest BCUT2D eigenvalue weighted by atomic mass is 10.1. The van der Waals surface area contributed by atoms with E-state index in [1.165, 1.54) is 0 Å². The highest BCUT2D eigenvalue weighted by Crippen LogP contribution is 2.31. The van der Waals surface area contributed by atoms with Gasteiger partial charge in [-0.3, -0.25) is 4.79 Å². The standard InChI is InChI=1S/C18H17Cl2N3O2/c1-4-22-16(12-5-7-13(25-3)8-6-12)15(9-14(19)18(22)24)23-17(20)11(2)10-21-23/h5-10H,4H2,1-3H3. The Labute approximate surface area is 155 Å². The van der Waals surface area contributed by atoms with Gasteiger partial charge in [0.25, 0.3) is 5.56 Å². The van der Waals surface area contributed by atoms with Gasteiger partial charge in [0.15, 0.2) is 0 Å². The zero-order chi connectivity index (χ0) is 18.1. The molecule has 0 spiro atoms. The Hall–Kier alpha value is -2.24. The number of methoxy groups -OCH3 is 1. The molecular formula is C18H17Cl2N3O2. The highest BCUT2D eigenvalue weighted by Gasteiger charge is 2.19. The highest BCUT2D eigenvalue weighted by molar-refractivity contribution is 6.31. The number of halogens is 2. The lowest BCUT2D eigenvalue weighted by Crippen LogP contribution is -2.23. The van der Waals surface area contributed by atoms with E-state index in [1.54, 1.807) is 28.6 Å². The van der Waals surface area contributed by atoms with E-state index in [-0.39, 0.29) is 10.6 Å². The van der Waals surface area contributed by atoms with Crippen molar-refractivity contribution in [3.05, 3.63) is 62.6 Å². The molecule has 2 heterocycles. The van der Waals surface area contributed by atoms with Crippen LogP contribution in [-0.4, -0.2) is 21.5 Å². The first-order valence-corrected chi connectivity index (χ1v) is 8.51. The number of ether oxygens (including phenoxy) is 1. The number of aryl methyl sites for hydroxylation is 1. The topological polar surface area (TPSA) is 49.0 Å². The van der Waals surface area contributed by atoms with Gasteiger partial charge in [-0.2, -0.15) is 5.10 Å². The van der Waals surface area contributed by atoms with E-state index < -0.39 is 0 Å². The molecule has 0 fully saturated rings. The SMILES string of the molecule is CCn1c(-c2ccc(OC)cc2)c(-n2ncc(C)c2Cl)cc(Cl)c1=O. The summed E-state index contributed by atoms with van der Waals surface area (Å²) in [6.45, 7) is 4.23. The number of nitrogens with zero attached hydrogens (tertiary/aromatic N) is 3. The smallest absolute Gasteiger partial charge is 0.269 e. The summed E-state index contributed by atoms with van der Waals surface area (Å²) in [7, 11) is 1.61. The summed E-state index contributed by atoms with van der Waals surface area (Å²) in [5, 5.41) is 4.94. The Morgan fingerprint density at radius 1 is 1.20 bits per heavy atom. The van der Waals surface area contributed by atoms with Crippen LogP contribution in [0.3, 0.4) is 0 Å². The van der Waals surface area contributed by atoms with Crippen LogP contribution in [0.1, 0.15) is 12.5 Å². The quantitative estimate of drug-likeness (QED) is 0.679. The number of rotatable bonds is 4. The summed E-state index contributed by atoms with van der Waals surface area (Å²) in [4.78, 5) is 12.5. The molecule has 0 bridgehead atoms. The maximum Gasteiger partial charge on any atom is 0.269 e. The molecule has 0 saturated heterocycles. The van der Waals surface area contributed by atoms with Crippen LogP contribution in [0.4, 0.5) is 0 Å². The van der Waals surface area contributed by atoms with Crippen LogP contribution >= 0.6 is 23.2 Å². The fraction of sp³-hybridized carbons (Fsp3) is 0.222. The van der Waals surface area contributed by atoms with Crippen molar-refractivity contribution in [1.82, 2.24) is 14.3 Å². The van der Waals surface area contributed by atoms with Gasteiger partial charge >= 0.3 is 0 Å². The normalized spacial score (nSPS) is 10.9. The Morgan fingerprint density at radius 2 is 1.88 bits per heavy atom. The summed E-state index contributed by atoms with van der Waals surface area (Å²) >= 11 is 12.6. The molecule has 5 nitrogen and oxygen atoms in total. The molecule has 7 heteroatoms. The molecule has 3 rings (SSSR count). The van der Waals surface area contributed by atoms with Gasteiger partial charge in [0.05, 0.1) is 24.7 Å². The Balaban J connectivity index is 2.36. The van der Waals surface area contributed by atoms with E-state index in [2.05, 4.69) is 5.10 Å². The lowest BCUT2D eigenvalue weighted by Gasteiger charge is -2.18. The third kappa shape index (κ3) is 3.05. The number of pyridine rings is 1. The van der Waals surface area contributed by atoms with E-state index in [4.69, 9.17) is 27.9 Å². The third-order valence-corrected chi connectivity index (χ3v) is 4.74. The van der Waals surface area contributed by atoms with Crippen molar-refractivity contribution in [3.63, 3.8) is 0 Å². The highest BCUT2D eigenvalue weighted by atomic mass is 35.5. The Bertz CT molecular complexity index is 975. The number of aromatic nitrogens is 3. The van der Waals surface area contributed by atoms with Crippen molar-refractivity contribution in [3.8, 4) is 22.7 Å². The van der Waals surface area contributed by atoms with Gasteiger partial charge in [-0.05, 0) is 44.2 Å². The largest absolute Gasteiger partial charge is 0.497 e. The Morgan fingerprint density at radius 3 is 2.40 bits per heavy atom. The van der Waals surface area contributed by atoms with Crippen LogP contribution in [0, 0.1) is 6.92 Å². The first kappa shape index (κ1) is 17.6. The van der Waals surface area contributed by atoms with Gasteiger partial charge in [-0.15, -0.1) is 0 Å². The van der Waals surface area contributed by atoms with E-state index in [9.17, 15) is 4.79 Å². The molecule has 0 amide bonds. The molecule has 25 heavy (non-hydrogen) atoms. The fourth-order valence-electron chi connectivity index (χ4n) is 2.72. The van der Waals surface area contributed by atoms with Gasteiger partial charge in [-0.25, -0.2) is 4.68 Å². The fourth-order valence-corrected chi connectivity index (χ4v) is 3.11. The predicted octanol–water partition coefficient (Wildman–Crippen LogP) is 4.34. The van der Waals surface area contributed by atoms with Crippen LogP contribution in [0.5, 0.6) is 5.75 Å². The van der Waals surface area contributed by atoms with Gasteiger partial charge in [0, 0.05) is 17.7 Å². The lowest BCUT2D eigenvalue weighted by molar-refractivity contribution is 0.415. The van der Waals surface area contributed by atoms with Crippen molar-refractivity contribution in [2.45, 2.75) is 20.4 Å². The van der Waals surface area contributed by atoms with Crippen LogP contribution < -0.4 is 10.3 Å². The zero-order valence-corrected chi connectivity index (χ0v) is 15.6. The van der Waals surface area contributed by atoms with Gasteiger partial charge in [-0.1, -0.05) is 23.2 Å². The number of hydrogen-bond acceptors (Lipinski definition) is 3. The summed E-state index contributed by atoms with van der Waals surface area (Å²) in [6, 6.07) is 9.07. The number of benzene rings is 1. The molecule has 0 saturated carbocycles. The molecule has 0 unspecified atom stereocenters. The molecule has 2 aromatic heterocycles. The molecule has 0 atom stereocenters. The van der Waals surface area contributed by atoms with Crippen molar-refractivity contribution in [1.29, 1.82) is 0 Å². The van der Waals surface area contributed by atoms with Crippen molar-refractivity contribution in [2.24, 2.45) is 0 Å². The first-order valence-electron chi connectivity index (χ1n) is 7.76. The second-order valence-corrected chi connectivity index (χ2v) is 6.30. The number of hydrogen-bond donors (Lipinski definition) is 0. The summed E-state index contributed by atoms with van der Waals surface area (Å²) < 4.78 is 8.42. The molecule has 0 aliphatic rings. The summed E-state index contributed by atoms with van der Waals surface area (Å²) in [5.41, 5.74) is 2.78. The minimum Gasteiger partial charge on any atom is -0.497 e. The molecule has 130 valence electrons. The molecule has 0 aliphatic heterocycles. The van der Waals surface area contributed by atoms with E-state index >= 15 is 0 Å². The minimum atomic E-state index is -0.251. The molecular weight excluding hydrogens is 361 g/mol. The predicted molar refractivity (Wildman–Crippen MR) is 100 cm³/mol. The summed E-state index contributed by atoms with van der Waals surface area (Å²) in [5.74, 6) is 0.734. The molecule has 0 N–H and O–H groups in total. The van der Waals surface area contributed by atoms with Crippen LogP contribution in [-0.2, 0) is 6.54 Å². The van der Waals surface area contributed by atoms with E-state index in [1.807, 2.05) is 38.1 Å². The second kappa shape index (κ2) is 6.94. The Kier molecular flexibility index (Phi) is 4.88. The maximum absolute atomic E-state index is 12.5. The molecule has 1 aromatic carbocycles. The van der Waals surface area contributed by atoms with E-state index in [0.29, 0.717) is 23.1 Å². The third-order valence-electron chi connectivity index (χ3n) is 4.01.